The van der Waals surface area contributed by atoms with Gasteiger partial charge in [0.2, 0.25) is 0 Å². The van der Waals surface area contributed by atoms with E-state index in [-0.39, 0.29) is 0 Å². The van der Waals surface area contributed by atoms with Crippen LogP contribution in [0.15, 0.2) is 0 Å². The fourth-order valence-electron chi connectivity index (χ4n) is 1.77. The van der Waals surface area contributed by atoms with Gasteiger partial charge in [-0.1, -0.05) is 27.2 Å². The Morgan fingerprint density at radius 1 is 1.07 bits per heavy atom. The van der Waals surface area contributed by atoms with E-state index in [1.165, 1.54) is 6.42 Å². The first-order valence-corrected chi connectivity index (χ1v) is 6.50. The zero-order valence-electron chi connectivity index (χ0n) is 11.5. The molecule has 15 heavy (non-hydrogen) atoms. The van der Waals surface area contributed by atoms with Crippen molar-refractivity contribution in [1.29, 1.82) is 0 Å². The minimum Gasteiger partial charge on any atom is -0.313 e. The highest BCUT2D eigenvalue weighted by Gasteiger charge is 2.10. The number of nitrogens with zero attached hydrogens (tertiary/aromatic N) is 1. The highest BCUT2D eigenvalue weighted by molar-refractivity contribution is 4.69. The van der Waals surface area contributed by atoms with E-state index in [1.807, 2.05) is 0 Å². The van der Waals surface area contributed by atoms with Crippen LogP contribution in [-0.4, -0.2) is 36.6 Å². The third kappa shape index (κ3) is 6.16. The van der Waals surface area contributed by atoms with Gasteiger partial charge in [-0.15, -0.1) is 0 Å². The molecule has 2 heteroatoms. The molecule has 0 amide bonds. The van der Waals surface area contributed by atoms with Gasteiger partial charge in [0.1, 0.15) is 0 Å². The Bertz CT molecular complexity index is 145. The lowest BCUT2D eigenvalue weighted by atomic mass is 10.0. The third-order valence-corrected chi connectivity index (χ3v) is 3.50. The molecule has 0 aliphatic rings. The van der Waals surface area contributed by atoms with Gasteiger partial charge >= 0.3 is 0 Å². The largest absolute Gasteiger partial charge is 0.313 e. The molecule has 0 radical (unpaired) electrons. The molecular formula is C13H30N2. The fraction of sp³-hybridized carbons (Fsp3) is 1.00. The SMILES string of the molecule is CCC(C)C(C)NCCN(CC)C(C)C. The summed E-state index contributed by atoms with van der Waals surface area (Å²) in [7, 11) is 0. The van der Waals surface area contributed by atoms with Crippen molar-refractivity contribution in [1.82, 2.24) is 10.2 Å². The molecule has 0 saturated heterocycles. The van der Waals surface area contributed by atoms with Crippen LogP contribution in [-0.2, 0) is 0 Å². The van der Waals surface area contributed by atoms with E-state index in [4.69, 9.17) is 0 Å². The van der Waals surface area contributed by atoms with Crippen molar-refractivity contribution in [2.75, 3.05) is 19.6 Å². The number of hydrogen-bond acceptors (Lipinski definition) is 2. The second kappa shape index (κ2) is 8.12. The molecule has 0 saturated carbocycles. The highest BCUT2D eigenvalue weighted by Crippen LogP contribution is 2.06. The summed E-state index contributed by atoms with van der Waals surface area (Å²) in [5.74, 6) is 0.777. The Morgan fingerprint density at radius 3 is 2.07 bits per heavy atom. The van der Waals surface area contributed by atoms with Gasteiger partial charge in [0.05, 0.1) is 0 Å². The van der Waals surface area contributed by atoms with Crippen LogP contribution >= 0.6 is 0 Å². The summed E-state index contributed by atoms with van der Waals surface area (Å²) >= 11 is 0. The minimum atomic E-state index is 0.640. The van der Waals surface area contributed by atoms with E-state index in [2.05, 4.69) is 51.8 Å². The fourth-order valence-corrected chi connectivity index (χ4v) is 1.77. The smallest absolute Gasteiger partial charge is 0.0110 e. The average molecular weight is 214 g/mol. The zero-order valence-corrected chi connectivity index (χ0v) is 11.5. The molecule has 0 aliphatic heterocycles. The molecule has 0 fully saturated rings. The molecular weight excluding hydrogens is 184 g/mol. The molecule has 2 atom stereocenters. The summed E-state index contributed by atoms with van der Waals surface area (Å²) in [6.45, 7) is 17.1. The number of rotatable bonds is 8. The van der Waals surface area contributed by atoms with Crippen LogP contribution in [0.4, 0.5) is 0 Å². The second-order valence-electron chi connectivity index (χ2n) is 4.85. The van der Waals surface area contributed by atoms with E-state index in [0.29, 0.717) is 12.1 Å². The van der Waals surface area contributed by atoms with E-state index in [1.54, 1.807) is 0 Å². The Morgan fingerprint density at radius 2 is 1.67 bits per heavy atom. The molecule has 0 spiro atoms. The molecule has 2 unspecified atom stereocenters. The molecule has 92 valence electrons. The van der Waals surface area contributed by atoms with Crippen LogP contribution in [0.5, 0.6) is 0 Å². The van der Waals surface area contributed by atoms with Gasteiger partial charge in [0, 0.05) is 25.2 Å². The van der Waals surface area contributed by atoms with Crippen molar-refractivity contribution >= 4 is 0 Å². The van der Waals surface area contributed by atoms with Gasteiger partial charge < -0.3 is 5.32 Å². The monoisotopic (exact) mass is 214 g/mol. The van der Waals surface area contributed by atoms with Crippen LogP contribution in [0, 0.1) is 5.92 Å². The molecule has 0 aromatic rings. The maximum atomic E-state index is 3.61. The number of nitrogens with one attached hydrogen (secondary N) is 1. The Balaban J connectivity index is 3.68. The third-order valence-electron chi connectivity index (χ3n) is 3.50. The van der Waals surface area contributed by atoms with Crippen LogP contribution in [0.3, 0.4) is 0 Å². The molecule has 0 rings (SSSR count). The summed E-state index contributed by atoms with van der Waals surface area (Å²) in [6.07, 6.45) is 1.26. The summed E-state index contributed by atoms with van der Waals surface area (Å²) < 4.78 is 0. The zero-order chi connectivity index (χ0) is 11.8. The van der Waals surface area contributed by atoms with Crippen molar-refractivity contribution < 1.29 is 0 Å². The van der Waals surface area contributed by atoms with E-state index >= 15 is 0 Å². The summed E-state index contributed by atoms with van der Waals surface area (Å²) in [5.41, 5.74) is 0. The molecule has 0 aromatic heterocycles. The lowest BCUT2D eigenvalue weighted by Crippen LogP contribution is -2.40. The lowest BCUT2D eigenvalue weighted by molar-refractivity contribution is 0.227. The highest BCUT2D eigenvalue weighted by atomic mass is 15.2. The van der Waals surface area contributed by atoms with Crippen molar-refractivity contribution in [3.05, 3.63) is 0 Å². The average Bonchev–Trinajstić information content (AvgIpc) is 2.22. The van der Waals surface area contributed by atoms with E-state index in [0.717, 1.165) is 25.6 Å². The van der Waals surface area contributed by atoms with E-state index in [9.17, 15) is 0 Å². The van der Waals surface area contributed by atoms with Gasteiger partial charge in [-0.3, -0.25) is 4.90 Å². The first-order chi connectivity index (χ1) is 7.02. The predicted octanol–water partition coefficient (Wildman–Crippen LogP) is 2.74. The first-order valence-electron chi connectivity index (χ1n) is 6.50. The quantitative estimate of drug-likeness (QED) is 0.668. The Kier molecular flexibility index (Phi) is 8.07. The molecule has 0 bridgehead atoms. The summed E-state index contributed by atoms with van der Waals surface area (Å²) in [6, 6.07) is 1.30. The Hall–Kier alpha value is -0.0800. The second-order valence-corrected chi connectivity index (χ2v) is 4.85. The van der Waals surface area contributed by atoms with Crippen LogP contribution in [0.25, 0.3) is 0 Å². The van der Waals surface area contributed by atoms with Gasteiger partial charge in [-0.2, -0.15) is 0 Å². The van der Waals surface area contributed by atoms with Crippen LogP contribution < -0.4 is 5.32 Å². The summed E-state index contributed by atoms with van der Waals surface area (Å²) in [4.78, 5) is 2.50. The van der Waals surface area contributed by atoms with E-state index < -0.39 is 0 Å². The number of hydrogen-bond donors (Lipinski definition) is 1. The minimum absolute atomic E-state index is 0.640. The van der Waals surface area contributed by atoms with Gasteiger partial charge in [0.25, 0.3) is 0 Å². The molecule has 1 N–H and O–H groups in total. The molecule has 0 heterocycles. The van der Waals surface area contributed by atoms with Crippen molar-refractivity contribution in [3.8, 4) is 0 Å². The normalized spacial score (nSPS) is 16.0. The van der Waals surface area contributed by atoms with Crippen molar-refractivity contribution in [2.24, 2.45) is 5.92 Å². The van der Waals surface area contributed by atoms with Gasteiger partial charge in [-0.25, -0.2) is 0 Å². The van der Waals surface area contributed by atoms with Crippen LogP contribution in [0.2, 0.25) is 0 Å². The topological polar surface area (TPSA) is 15.3 Å². The first kappa shape index (κ1) is 14.9. The molecule has 0 aliphatic carbocycles. The molecule has 2 nitrogen and oxygen atoms in total. The van der Waals surface area contributed by atoms with Crippen LogP contribution in [0.1, 0.15) is 48.0 Å². The standard InChI is InChI=1S/C13H30N2/c1-7-12(5)13(6)14-9-10-15(8-2)11(3)4/h11-14H,7-10H2,1-6H3. The maximum absolute atomic E-state index is 3.61. The van der Waals surface area contributed by atoms with Gasteiger partial charge in [-0.05, 0) is 33.2 Å². The van der Waals surface area contributed by atoms with Crippen molar-refractivity contribution in [2.45, 2.75) is 60.0 Å². The van der Waals surface area contributed by atoms with Crippen molar-refractivity contribution in [3.63, 3.8) is 0 Å². The maximum Gasteiger partial charge on any atom is 0.0110 e. The lowest BCUT2D eigenvalue weighted by Gasteiger charge is -2.27. The summed E-state index contributed by atoms with van der Waals surface area (Å²) in [5, 5.41) is 3.61. The number of likely N-dealkylation sites (N-methyl/N-ethyl adjacent to an activating group) is 1. The van der Waals surface area contributed by atoms with Gasteiger partial charge in [0.15, 0.2) is 0 Å². The molecule has 0 aromatic carbocycles. The predicted molar refractivity (Wildman–Crippen MR) is 69.3 cm³/mol. The Labute approximate surface area is 96.4 Å².